The van der Waals surface area contributed by atoms with Crippen LogP contribution >= 0.6 is 11.3 Å². The molecule has 1 saturated carbocycles. The van der Waals surface area contributed by atoms with E-state index >= 15 is 0 Å². The Hall–Kier alpha value is -2.09. The van der Waals surface area contributed by atoms with Gasteiger partial charge in [-0.3, -0.25) is 19.3 Å². The van der Waals surface area contributed by atoms with Crippen molar-refractivity contribution in [2.75, 3.05) is 11.9 Å². The van der Waals surface area contributed by atoms with Gasteiger partial charge >= 0.3 is 0 Å². The first kappa shape index (κ1) is 15.4. The summed E-state index contributed by atoms with van der Waals surface area (Å²) in [6.07, 6.45) is 5.89. The molecule has 1 N–H and O–H groups in total. The molecule has 1 aromatic rings. The molecule has 3 aliphatic rings. The third kappa shape index (κ3) is 2.36. The number of fused-ring (bicyclic) bond motifs is 5. The van der Waals surface area contributed by atoms with Crippen LogP contribution in [-0.4, -0.2) is 39.4 Å². The highest BCUT2D eigenvalue weighted by Crippen LogP contribution is 2.52. The van der Waals surface area contributed by atoms with Crippen molar-refractivity contribution >= 4 is 34.2 Å². The number of imide groups is 1. The molecule has 2 heterocycles. The van der Waals surface area contributed by atoms with E-state index < -0.39 is 0 Å². The first-order chi connectivity index (χ1) is 11.6. The van der Waals surface area contributed by atoms with Crippen molar-refractivity contribution in [3.8, 4) is 0 Å². The van der Waals surface area contributed by atoms with Crippen LogP contribution in [0.25, 0.3) is 0 Å². The minimum Gasteiger partial charge on any atom is -0.300 e. The first-order valence-corrected chi connectivity index (χ1v) is 9.06. The predicted molar refractivity (Wildman–Crippen MR) is 87.0 cm³/mol. The normalized spacial score (nSPS) is 30.3. The van der Waals surface area contributed by atoms with Gasteiger partial charge in [0.25, 0.3) is 0 Å². The second kappa shape index (κ2) is 5.77. The van der Waals surface area contributed by atoms with Crippen LogP contribution in [0, 0.1) is 23.7 Å². The van der Waals surface area contributed by atoms with Crippen molar-refractivity contribution in [1.82, 2.24) is 15.1 Å². The first-order valence-electron chi connectivity index (χ1n) is 8.24. The quantitative estimate of drug-likeness (QED) is 0.640. The molecule has 2 fully saturated rings. The van der Waals surface area contributed by atoms with Gasteiger partial charge in [-0.05, 0) is 24.7 Å². The molecule has 0 aromatic carbocycles. The number of nitrogens with zero attached hydrogens (tertiary/aromatic N) is 3. The zero-order chi connectivity index (χ0) is 16.8. The Morgan fingerprint density at radius 2 is 1.92 bits per heavy atom. The molecule has 2 aliphatic carbocycles. The fraction of sp³-hybridized carbons (Fsp3) is 0.562. The summed E-state index contributed by atoms with van der Waals surface area (Å²) in [6, 6.07) is 0. The number of hydrogen-bond donors (Lipinski definition) is 1. The summed E-state index contributed by atoms with van der Waals surface area (Å²) in [6.45, 7) is 2.10. The Bertz CT molecular complexity index is 713. The molecule has 0 radical (unpaired) electrons. The maximum absolute atomic E-state index is 12.5. The van der Waals surface area contributed by atoms with E-state index in [1.807, 2.05) is 6.92 Å². The number of carbonyl (C=O) groups excluding carboxylic acids is 3. The van der Waals surface area contributed by atoms with E-state index in [0.29, 0.717) is 5.13 Å². The van der Waals surface area contributed by atoms with Crippen LogP contribution in [-0.2, 0) is 20.8 Å². The van der Waals surface area contributed by atoms with Crippen molar-refractivity contribution in [3.63, 3.8) is 0 Å². The molecule has 7 nitrogen and oxygen atoms in total. The maximum atomic E-state index is 12.5. The van der Waals surface area contributed by atoms with Crippen LogP contribution in [0.1, 0.15) is 24.8 Å². The Balaban J connectivity index is 1.35. The summed E-state index contributed by atoms with van der Waals surface area (Å²) >= 11 is 1.33. The van der Waals surface area contributed by atoms with E-state index in [2.05, 4.69) is 27.7 Å². The zero-order valence-corrected chi connectivity index (χ0v) is 14.1. The number of aryl methyl sites for hydroxylation is 1. The second-order valence-corrected chi connectivity index (χ2v) is 7.54. The van der Waals surface area contributed by atoms with Crippen LogP contribution in [0.5, 0.6) is 0 Å². The topological polar surface area (TPSA) is 92.3 Å². The molecule has 4 atom stereocenters. The smallest absolute Gasteiger partial charge is 0.233 e. The number of hydrogen-bond acceptors (Lipinski definition) is 6. The molecule has 0 spiro atoms. The molecule has 0 unspecified atom stereocenters. The number of carbonyl (C=O) groups is 3. The van der Waals surface area contributed by atoms with E-state index in [-0.39, 0.29) is 54.4 Å². The zero-order valence-electron chi connectivity index (χ0n) is 13.3. The van der Waals surface area contributed by atoms with Gasteiger partial charge in [0.1, 0.15) is 5.01 Å². The molecule has 4 rings (SSSR count). The third-order valence-corrected chi connectivity index (χ3v) is 6.12. The van der Waals surface area contributed by atoms with Crippen molar-refractivity contribution in [3.05, 3.63) is 17.2 Å². The highest BCUT2D eigenvalue weighted by atomic mass is 32.1. The van der Waals surface area contributed by atoms with Crippen molar-refractivity contribution < 1.29 is 14.4 Å². The summed E-state index contributed by atoms with van der Waals surface area (Å²) in [5.41, 5.74) is 0. The van der Waals surface area contributed by atoms with E-state index in [0.717, 1.165) is 17.8 Å². The van der Waals surface area contributed by atoms with Gasteiger partial charge in [0.15, 0.2) is 0 Å². The average molecular weight is 346 g/mol. The van der Waals surface area contributed by atoms with Crippen molar-refractivity contribution in [2.24, 2.45) is 23.7 Å². The molecule has 1 aliphatic heterocycles. The Labute approximate surface area is 143 Å². The lowest BCUT2D eigenvalue weighted by atomic mass is 9.85. The predicted octanol–water partition coefficient (Wildman–Crippen LogP) is 1.24. The molecule has 1 saturated heterocycles. The van der Waals surface area contributed by atoms with Gasteiger partial charge in [-0.2, -0.15) is 0 Å². The molecule has 24 heavy (non-hydrogen) atoms. The fourth-order valence-corrected chi connectivity index (χ4v) is 4.72. The van der Waals surface area contributed by atoms with Crippen LogP contribution in [0.4, 0.5) is 5.13 Å². The lowest BCUT2D eigenvalue weighted by molar-refractivity contribution is -0.140. The summed E-state index contributed by atoms with van der Waals surface area (Å²) in [4.78, 5) is 38.3. The number of likely N-dealkylation sites (tertiary alicyclic amines) is 1. The third-order valence-electron chi connectivity index (χ3n) is 5.14. The number of nitrogens with one attached hydrogen (secondary N) is 1. The summed E-state index contributed by atoms with van der Waals surface area (Å²) < 4.78 is 0. The van der Waals surface area contributed by atoms with Gasteiger partial charge in [0, 0.05) is 13.0 Å². The van der Waals surface area contributed by atoms with E-state index in [9.17, 15) is 14.4 Å². The molecule has 126 valence electrons. The van der Waals surface area contributed by atoms with Crippen molar-refractivity contribution in [1.29, 1.82) is 0 Å². The number of rotatable bonds is 5. The van der Waals surface area contributed by atoms with E-state index in [4.69, 9.17) is 0 Å². The van der Waals surface area contributed by atoms with Crippen LogP contribution in [0.2, 0.25) is 0 Å². The maximum Gasteiger partial charge on any atom is 0.233 e. The number of aromatic nitrogens is 2. The molecular weight excluding hydrogens is 328 g/mol. The van der Waals surface area contributed by atoms with Gasteiger partial charge in [-0.1, -0.05) is 30.4 Å². The Kier molecular flexibility index (Phi) is 3.71. The minimum absolute atomic E-state index is 0.0840. The highest BCUT2D eigenvalue weighted by molar-refractivity contribution is 7.15. The SMILES string of the molecule is CCc1nnc(NC(=O)CCN2C(=O)[C@H]3[C@H](C2=O)[C@H]2C=C[C@H]3C2)s1. The van der Waals surface area contributed by atoms with E-state index in [1.165, 1.54) is 16.2 Å². The van der Waals surface area contributed by atoms with Gasteiger partial charge in [0.05, 0.1) is 11.8 Å². The van der Waals surface area contributed by atoms with Gasteiger partial charge < -0.3 is 5.32 Å². The number of anilines is 1. The lowest BCUT2D eigenvalue weighted by Crippen LogP contribution is -2.35. The molecule has 2 bridgehead atoms. The van der Waals surface area contributed by atoms with Crippen LogP contribution in [0.15, 0.2) is 12.2 Å². The van der Waals surface area contributed by atoms with Gasteiger partial charge in [0.2, 0.25) is 22.9 Å². The monoisotopic (exact) mass is 346 g/mol. The second-order valence-electron chi connectivity index (χ2n) is 6.48. The van der Waals surface area contributed by atoms with Gasteiger partial charge in [-0.25, -0.2) is 0 Å². The molecular formula is C16H18N4O3S. The molecule has 1 aromatic heterocycles. The Morgan fingerprint density at radius 3 is 2.50 bits per heavy atom. The number of allylic oxidation sites excluding steroid dienone is 2. The molecule has 3 amide bonds. The summed E-state index contributed by atoms with van der Waals surface area (Å²) in [5.74, 6) is -0.491. The van der Waals surface area contributed by atoms with Crippen molar-refractivity contribution in [2.45, 2.75) is 26.2 Å². The average Bonchev–Trinajstić information content (AvgIpc) is 3.31. The lowest BCUT2D eigenvalue weighted by Gasteiger charge is -2.16. The summed E-state index contributed by atoms with van der Waals surface area (Å²) in [7, 11) is 0. The fourth-order valence-electron chi connectivity index (χ4n) is 4.03. The largest absolute Gasteiger partial charge is 0.300 e. The Morgan fingerprint density at radius 1 is 1.25 bits per heavy atom. The summed E-state index contributed by atoms with van der Waals surface area (Å²) in [5, 5.41) is 11.8. The van der Waals surface area contributed by atoms with Gasteiger partial charge in [-0.15, -0.1) is 10.2 Å². The van der Waals surface area contributed by atoms with Crippen LogP contribution in [0.3, 0.4) is 0 Å². The minimum atomic E-state index is -0.257. The van der Waals surface area contributed by atoms with E-state index in [1.54, 1.807) is 0 Å². The number of amides is 3. The molecule has 8 heteroatoms. The standard InChI is InChI=1S/C16H18N4O3S/c1-2-11-18-19-16(24-11)17-10(21)5-6-20-14(22)12-8-3-4-9(7-8)13(12)15(20)23/h3-4,8-9,12-13H,2,5-7H2,1H3,(H,17,19,21)/t8-,9-,12+,13+/m0/s1. The highest BCUT2D eigenvalue weighted by Gasteiger charge is 2.58. The van der Waals surface area contributed by atoms with Crippen LogP contribution < -0.4 is 5.32 Å².